The molecule has 3 nitrogen and oxygen atoms in total. The summed E-state index contributed by atoms with van der Waals surface area (Å²) in [6.45, 7) is 0. The lowest BCUT2D eigenvalue weighted by Crippen LogP contribution is -2.00. The summed E-state index contributed by atoms with van der Waals surface area (Å²) in [5, 5.41) is 2.87. The third-order valence-electron chi connectivity index (χ3n) is 5.42. The molecule has 0 spiro atoms. The zero-order valence-electron chi connectivity index (χ0n) is 16.9. The molecule has 0 unspecified atom stereocenters. The number of nitrogens with zero attached hydrogens (tertiary/aromatic N) is 3. The minimum absolute atomic E-state index is 0.569. The van der Waals surface area contributed by atoms with Crippen LogP contribution in [0.2, 0.25) is 5.02 Å². The van der Waals surface area contributed by atoms with Gasteiger partial charge in [-0.2, -0.15) is 0 Å². The molecule has 0 bridgehead atoms. The third kappa shape index (κ3) is 3.25. The minimum atomic E-state index is 0.569. The van der Waals surface area contributed by atoms with Gasteiger partial charge in [-0.3, -0.25) is 0 Å². The minimum Gasteiger partial charge on any atom is -0.208 e. The summed E-state index contributed by atoms with van der Waals surface area (Å²) >= 11 is 8.74. The van der Waals surface area contributed by atoms with E-state index in [1.807, 2.05) is 72.8 Å². The zero-order chi connectivity index (χ0) is 21.5. The van der Waals surface area contributed by atoms with Gasteiger partial charge in [0.2, 0.25) is 0 Å². The molecule has 6 rings (SSSR count). The van der Waals surface area contributed by atoms with E-state index >= 15 is 0 Å². The highest BCUT2D eigenvalue weighted by Gasteiger charge is 2.17. The lowest BCUT2D eigenvalue weighted by Gasteiger charge is -2.10. The first-order valence-electron chi connectivity index (χ1n) is 10.2. The normalized spacial score (nSPS) is 11.3. The first kappa shape index (κ1) is 19.1. The predicted molar refractivity (Wildman–Crippen MR) is 134 cm³/mol. The van der Waals surface area contributed by atoms with Gasteiger partial charge in [-0.1, -0.05) is 90.5 Å². The van der Waals surface area contributed by atoms with Gasteiger partial charge < -0.3 is 0 Å². The van der Waals surface area contributed by atoms with Crippen LogP contribution in [0.3, 0.4) is 0 Å². The van der Waals surface area contributed by atoms with E-state index in [0.717, 1.165) is 32.2 Å². The van der Waals surface area contributed by atoms with Gasteiger partial charge in [0.05, 0.1) is 5.02 Å². The van der Waals surface area contributed by atoms with Gasteiger partial charge in [0.15, 0.2) is 17.5 Å². The van der Waals surface area contributed by atoms with Crippen molar-refractivity contribution in [3.63, 3.8) is 0 Å². The van der Waals surface area contributed by atoms with Crippen LogP contribution in [0, 0.1) is 0 Å². The monoisotopic (exact) mass is 449 g/mol. The van der Waals surface area contributed by atoms with Crippen molar-refractivity contribution in [2.45, 2.75) is 0 Å². The number of benzene rings is 4. The molecule has 0 saturated heterocycles. The molecule has 0 amide bonds. The molecule has 0 aliphatic heterocycles. The first-order valence-corrected chi connectivity index (χ1v) is 11.4. The molecule has 0 N–H and O–H groups in total. The van der Waals surface area contributed by atoms with E-state index in [0.29, 0.717) is 22.5 Å². The molecule has 2 aromatic heterocycles. The fourth-order valence-electron chi connectivity index (χ4n) is 3.88. The summed E-state index contributed by atoms with van der Waals surface area (Å²) in [5.74, 6) is 1.82. The maximum atomic E-state index is 7.00. The molecule has 0 fully saturated rings. The summed E-state index contributed by atoms with van der Waals surface area (Å²) in [6, 6.07) is 32.4. The van der Waals surface area contributed by atoms with E-state index in [2.05, 4.69) is 24.3 Å². The van der Waals surface area contributed by atoms with Crippen molar-refractivity contribution in [2.24, 2.45) is 0 Å². The molecule has 0 saturated carbocycles. The molecular formula is C27H16ClN3S. The summed E-state index contributed by atoms with van der Waals surface area (Å²) in [7, 11) is 0. The van der Waals surface area contributed by atoms with E-state index in [1.54, 1.807) is 11.3 Å². The van der Waals surface area contributed by atoms with Crippen LogP contribution in [-0.2, 0) is 0 Å². The van der Waals surface area contributed by atoms with Crippen molar-refractivity contribution in [1.82, 2.24) is 15.0 Å². The highest BCUT2D eigenvalue weighted by atomic mass is 35.5. The second-order valence-electron chi connectivity index (χ2n) is 7.44. The van der Waals surface area contributed by atoms with E-state index in [4.69, 9.17) is 26.6 Å². The first-order chi connectivity index (χ1) is 15.8. The van der Waals surface area contributed by atoms with Crippen LogP contribution in [0.4, 0.5) is 0 Å². The van der Waals surface area contributed by atoms with Gasteiger partial charge in [-0.25, -0.2) is 15.0 Å². The predicted octanol–water partition coefficient (Wildman–Crippen LogP) is 7.89. The lowest BCUT2D eigenvalue weighted by molar-refractivity contribution is 1.07. The Balaban J connectivity index is 1.62. The number of hydrogen-bond donors (Lipinski definition) is 0. The number of hydrogen-bond acceptors (Lipinski definition) is 4. The van der Waals surface area contributed by atoms with Crippen molar-refractivity contribution < 1.29 is 0 Å². The SMILES string of the molecule is Clc1c(-c2nc(-c3ccccc3)nc(-c3ccccc3)n2)ccc2sc3ccccc3c12. The highest BCUT2D eigenvalue weighted by Crippen LogP contribution is 2.42. The zero-order valence-corrected chi connectivity index (χ0v) is 18.4. The Morgan fingerprint density at radius 3 is 1.75 bits per heavy atom. The Hall–Kier alpha value is -3.60. The quantitative estimate of drug-likeness (QED) is 0.275. The molecule has 32 heavy (non-hydrogen) atoms. The lowest BCUT2D eigenvalue weighted by atomic mass is 10.1. The van der Waals surface area contributed by atoms with Gasteiger partial charge in [-0.05, 0) is 18.2 Å². The van der Waals surface area contributed by atoms with Gasteiger partial charge in [-0.15, -0.1) is 11.3 Å². The smallest absolute Gasteiger partial charge is 0.165 e. The summed E-state index contributed by atoms with van der Waals surface area (Å²) in [6.07, 6.45) is 0. The van der Waals surface area contributed by atoms with Crippen molar-refractivity contribution in [1.29, 1.82) is 0 Å². The molecule has 0 atom stereocenters. The summed E-state index contributed by atoms with van der Waals surface area (Å²) < 4.78 is 2.37. The third-order valence-corrected chi connectivity index (χ3v) is 6.95. The largest absolute Gasteiger partial charge is 0.208 e. The van der Waals surface area contributed by atoms with Crippen molar-refractivity contribution >= 4 is 43.1 Å². The number of fused-ring (bicyclic) bond motifs is 3. The summed E-state index contributed by atoms with van der Waals surface area (Å²) in [4.78, 5) is 14.4. The molecule has 152 valence electrons. The molecule has 5 heteroatoms. The van der Waals surface area contributed by atoms with Gasteiger partial charge in [0.25, 0.3) is 0 Å². The maximum Gasteiger partial charge on any atom is 0.165 e. The Morgan fingerprint density at radius 2 is 1.09 bits per heavy atom. The van der Waals surface area contributed by atoms with Crippen molar-refractivity contribution in [3.05, 3.63) is 102 Å². The number of aromatic nitrogens is 3. The van der Waals surface area contributed by atoms with E-state index in [1.165, 1.54) is 4.70 Å². The van der Waals surface area contributed by atoms with Crippen LogP contribution in [0.15, 0.2) is 97.1 Å². The average Bonchev–Trinajstić information content (AvgIpc) is 3.24. The van der Waals surface area contributed by atoms with Gasteiger partial charge in [0, 0.05) is 36.9 Å². The fourth-order valence-corrected chi connectivity index (χ4v) is 5.40. The topological polar surface area (TPSA) is 38.7 Å². The average molecular weight is 450 g/mol. The van der Waals surface area contributed by atoms with Crippen LogP contribution in [0.5, 0.6) is 0 Å². The second kappa shape index (κ2) is 7.83. The molecular weight excluding hydrogens is 434 g/mol. The van der Waals surface area contributed by atoms with Gasteiger partial charge in [0.1, 0.15) is 0 Å². The Kier molecular flexibility index (Phi) is 4.67. The standard InChI is InChI=1S/C27H16ClN3S/c28-24-20(15-16-22-23(24)19-13-7-8-14-21(19)32-22)27-30-25(17-9-3-1-4-10-17)29-26(31-27)18-11-5-2-6-12-18/h1-16H. The maximum absolute atomic E-state index is 7.00. The molecule has 6 aromatic rings. The van der Waals surface area contributed by atoms with Crippen molar-refractivity contribution in [2.75, 3.05) is 0 Å². The second-order valence-corrected chi connectivity index (χ2v) is 8.90. The van der Waals surface area contributed by atoms with Crippen molar-refractivity contribution in [3.8, 4) is 34.2 Å². The number of thiophene rings is 1. The molecule has 0 aliphatic carbocycles. The van der Waals surface area contributed by atoms with Crippen LogP contribution >= 0.6 is 22.9 Å². The molecule has 0 aliphatic rings. The molecule has 2 heterocycles. The van der Waals surface area contributed by atoms with Crippen LogP contribution in [0.1, 0.15) is 0 Å². The van der Waals surface area contributed by atoms with E-state index in [-0.39, 0.29) is 0 Å². The Labute approximate surface area is 194 Å². The van der Waals surface area contributed by atoms with E-state index < -0.39 is 0 Å². The summed E-state index contributed by atoms with van der Waals surface area (Å²) in [5.41, 5.74) is 2.68. The van der Waals surface area contributed by atoms with Gasteiger partial charge >= 0.3 is 0 Å². The number of halogens is 1. The van der Waals surface area contributed by atoms with Crippen LogP contribution in [-0.4, -0.2) is 15.0 Å². The highest BCUT2D eigenvalue weighted by molar-refractivity contribution is 7.26. The Morgan fingerprint density at radius 1 is 0.531 bits per heavy atom. The fraction of sp³-hybridized carbons (Fsp3) is 0. The Bertz CT molecular complexity index is 1520. The van der Waals surface area contributed by atoms with Crippen LogP contribution < -0.4 is 0 Å². The molecule has 0 radical (unpaired) electrons. The molecule has 4 aromatic carbocycles. The number of rotatable bonds is 3. The van der Waals surface area contributed by atoms with Crippen LogP contribution in [0.25, 0.3) is 54.3 Å². The van der Waals surface area contributed by atoms with E-state index in [9.17, 15) is 0 Å².